The van der Waals surface area contributed by atoms with Gasteiger partial charge in [-0.25, -0.2) is 0 Å². The van der Waals surface area contributed by atoms with Crippen LogP contribution in [0.2, 0.25) is 0 Å². The van der Waals surface area contributed by atoms with Crippen LogP contribution in [0.3, 0.4) is 0 Å². The van der Waals surface area contributed by atoms with Gasteiger partial charge in [-0.05, 0) is 37.8 Å². The lowest BCUT2D eigenvalue weighted by molar-refractivity contribution is 0.366. The molecule has 1 rings (SSSR count). The SMILES string of the molecule is Cc1cc(C)cc(CNCCC(C)(C)C)c1. The standard InChI is InChI=1S/C15H25N/c1-12-8-13(2)10-14(9-12)11-16-7-6-15(3,4)5/h8-10,16H,6-7,11H2,1-5H3. The Balaban J connectivity index is 2.37. The van der Waals surface area contributed by atoms with Gasteiger partial charge in [-0.3, -0.25) is 0 Å². The van der Waals surface area contributed by atoms with Gasteiger partial charge in [0, 0.05) is 6.54 Å². The zero-order valence-electron chi connectivity index (χ0n) is 11.4. The maximum atomic E-state index is 3.51. The monoisotopic (exact) mass is 219 g/mol. The lowest BCUT2D eigenvalue weighted by atomic mass is 9.92. The summed E-state index contributed by atoms with van der Waals surface area (Å²) in [6, 6.07) is 6.74. The highest BCUT2D eigenvalue weighted by Crippen LogP contribution is 2.17. The van der Waals surface area contributed by atoms with Crippen LogP contribution in [0, 0.1) is 19.3 Å². The molecule has 1 N–H and O–H groups in total. The molecule has 16 heavy (non-hydrogen) atoms. The summed E-state index contributed by atoms with van der Waals surface area (Å²) in [5, 5.41) is 3.51. The maximum Gasteiger partial charge on any atom is 0.0205 e. The van der Waals surface area contributed by atoms with Crippen molar-refractivity contribution in [3.05, 3.63) is 34.9 Å². The van der Waals surface area contributed by atoms with Crippen molar-refractivity contribution < 1.29 is 0 Å². The zero-order valence-corrected chi connectivity index (χ0v) is 11.4. The molecule has 0 aromatic heterocycles. The molecule has 0 aliphatic rings. The number of hydrogen-bond donors (Lipinski definition) is 1. The summed E-state index contributed by atoms with van der Waals surface area (Å²) in [6.07, 6.45) is 1.22. The second-order valence-electron chi connectivity index (χ2n) is 5.98. The Morgan fingerprint density at radius 3 is 2.06 bits per heavy atom. The Hall–Kier alpha value is -0.820. The van der Waals surface area contributed by atoms with Gasteiger partial charge in [0.15, 0.2) is 0 Å². The fourth-order valence-corrected chi connectivity index (χ4v) is 1.87. The van der Waals surface area contributed by atoms with Crippen LogP contribution in [-0.2, 0) is 6.54 Å². The molecule has 0 saturated carbocycles. The fourth-order valence-electron chi connectivity index (χ4n) is 1.87. The van der Waals surface area contributed by atoms with E-state index in [0.29, 0.717) is 5.41 Å². The lowest BCUT2D eigenvalue weighted by Crippen LogP contribution is -2.20. The van der Waals surface area contributed by atoms with E-state index in [1.54, 1.807) is 0 Å². The molecule has 0 saturated heterocycles. The van der Waals surface area contributed by atoms with Crippen molar-refractivity contribution in [1.82, 2.24) is 5.32 Å². The van der Waals surface area contributed by atoms with E-state index in [2.05, 4.69) is 58.1 Å². The molecule has 0 fully saturated rings. The molecular formula is C15H25N. The van der Waals surface area contributed by atoms with Gasteiger partial charge < -0.3 is 5.32 Å². The van der Waals surface area contributed by atoms with Crippen molar-refractivity contribution in [3.8, 4) is 0 Å². The average Bonchev–Trinajstić information content (AvgIpc) is 2.09. The molecule has 1 nitrogen and oxygen atoms in total. The molecule has 0 amide bonds. The van der Waals surface area contributed by atoms with E-state index in [0.717, 1.165) is 13.1 Å². The first-order valence-electron chi connectivity index (χ1n) is 6.15. The Labute approximate surface area is 100 Å². The van der Waals surface area contributed by atoms with Gasteiger partial charge in [0.1, 0.15) is 0 Å². The highest BCUT2D eigenvalue weighted by Gasteiger charge is 2.08. The summed E-state index contributed by atoms with van der Waals surface area (Å²) in [6.45, 7) is 13.2. The van der Waals surface area contributed by atoms with E-state index in [1.165, 1.54) is 23.1 Å². The van der Waals surface area contributed by atoms with Gasteiger partial charge in [-0.2, -0.15) is 0 Å². The fraction of sp³-hybridized carbons (Fsp3) is 0.600. The average molecular weight is 219 g/mol. The van der Waals surface area contributed by atoms with Gasteiger partial charge in [0.05, 0.1) is 0 Å². The third-order valence-corrected chi connectivity index (χ3v) is 2.66. The summed E-state index contributed by atoms with van der Waals surface area (Å²) in [5.41, 5.74) is 4.53. The summed E-state index contributed by atoms with van der Waals surface area (Å²) in [4.78, 5) is 0. The molecule has 0 atom stereocenters. The molecule has 0 radical (unpaired) electrons. The molecule has 0 unspecified atom stereocenters. The second kappa shape index (κ2) is 5.49. The molecule has 0 aliphatic heterocycles. The smallest absolute Gasteiger partial charge is 0.0205 e. The van der Waals surface area contributed by atoms with Crippen LogP contribution in [0.4, 0.5) is 0 Å². The third-order valence-electron chi connectivity index (χ3n) is 2.66. The molecule has 0 heterocycles. The van der Waals surface area contributed by atoms with Crippen molar-refractivity contribution in [1.29, 1.82) is 0 Å². The lowest BCUT2D eigenvalue weighted by Gasteiger charge is -2.18. The first-order valence-corrected chi connectivity index (χ1v) is 6.15. The summed E-state index contributed by atoms with van der Waals surface area (Å²) in [5.74, 6) is 0. The van der Waals surface area contributed by atoms with E-state index in [1.807, 2.05) is 0 Å². The van der Waals surface area contributed by atoms with Crippen molar-refractivity contribution in [2.24, 2.45) is 5.41 Å². The minimum atomic E-state index is 0.426. The summed E-state index contributed by atoms with van der Waals surface area (Å²) >= 11 is 0. The van der Waals surface area contributed by atoms with E-state index < -0.39 is 0 Å². The first-order chi connectivity index (χ1) is 7.37. The largest absolute Gasteiger partial charge is 0.313 e. The number of nitrogens with one attached hydrogen (secondary N) is 1. The maximum absolute atomic E-state index is 3.51. The van der Waals surface area contributed by atoms with Gasteiger partial charge in [0.2, 0.25) is 0 Å². The zero-order chi connectivity index (χ0) is 12.2. The molecule has 1 heteroatoms. The van der Waals surface area contributed by atoms with E-state index >= 15 is 0 Å². The molecule has 1 aromatic rings. The molecular weight excluding hydrogens is 194 g/mol. The van der Waals surface area contributed by atoms with Gasteiger partial charge in [0.25, 0.3) is 0 Å². The van der Waals surface area contributed by atoms with Crippen LogP contribution in [0.25, 0.3) is 0 Å². The number of aryl methyl sites for hydroxylation is 2. The minimum absolute atomic E-state index is 0.426. The first kappa shape index (κ1) is 13.2. The third kappa shape index (κ3) is 5.32. The minimum Gasteiger partial charge on any atom is -0.313 e. The Kier molecular flexibility index (Phi) is 4.55. The van der Waals surface area contributed by atoms with Crippen LogP contribution in [0.15, 0.2) is 18.2 Å². The molecule has 90 valence electrons. The Morgan fingerprint density at radius 2 is 1.56 bits per heavy atom. The molecule has 0 spiro atoms. The van der Waals surface area contributed by atoms with Gasteiger partial charge in [-0.15, -0.1) is 0 Å². The van der Waals surface area contributed by atoms with Crippen LogP contribution in [-0.4, -0.2) is 6.54 Å². The predicted octanol–water partition coefficient (Wildman–Crippen LogP) is 3.83. The van der Waals surface area contributed by atoms with Gasteiger partial charge >= 0.3 is 0 Å². The number of benzene rings is 1. The van der Waals surface area contributed by atoms with Crippen molar-refractivity contribution in [2.45, 2.75) is 47.6 Å². The summed E-state index contributed by atoms with van der Waals surface area (Å²) < 4.78 is 0. The number of rotatable bonds is 4. The van der Waals surface area contributed by atoms with Gasteiger partial charge in [-0.1, -0.05) is 50.1 Å². The predicted molar refractivity (Wildman–Crippen MR) is 71.7 cm³/mol. The summed E-state index contributed by atoms with van der Waals surface area (Å²) in [7, 11) is 0. The second-order valence-corrected chi connectivity index (χ2v) is 5.98. The Bertz CT molecular complexity index is 314. The Morgan fingerprint density at radius 1 is 1.00 bits per heavy atom. The molecule has 1 aromatic carbocycles. The van der Waals surface area contributed by atoms with E-state index in [-0.39, 0.29) is 0 Å². The van der Waals surface area contributed by atoms with Crippen molar-refractivity contribution in [3.63, 3.8) is 0 Å². The highest BCUT2D eigenvalue weighted by atomic mass is 14.8. The van der Waals surface area contributed by atoms with Crippen LogP contribution >= 0.6 is 0 Å². The van der Waals surface area contributed by atoms with Crippen LogP contribution in [0.1, 0.15) is 43.9 Å². The quantitative estimate of drug-likeness (QED) is 0.759. The van der Waals surface area contributed by atoms with Crippen molar-refractivity contribution in [2.75, 3.05) is 6.54 Å². The topological polar surface area (TPSA) is 12.0 Å². The van der Waals surface area contributed by atoms with Crippen LogP contribution < -0.4 is 5.32 Å². The van der Waals surface area contributed by atoms with E-state index in [4.69, 9.17) is 0 Å². The highest BCUT2D eigenvalue weighted by molar-refractivity contribution is 5.28. The molecule has 0 bridgehead atoms. The number of hydrogen-bond acceptors (Lipinski definition) is 1. The normalized spacial score (nSPS) is 11.8. The molecule has 0 aliphatic carbocycles. The van der Waals surface area contributed by atoms with Crippen molar-refractivity contribution >= 4 is 0 Å². The van der Waals surface area contributed by atoms with E-state index in [9.17, 15) is 0 Å². The van der Waals surface area contributed by atoms with Crippen LogP contribution in [0.5, 0.6) is 0 Å².